The van der Waals surface area contributed by atoms with E-state index in [4.69, 9.17) is 5.73 Å². The summed E-state index contributed by atoms with van der Waals surface area (Å²) in [5, 5.41) is 4.50. The molecule has 1 heterocycles. The van der Waals surface area contributed by atoms with Gasteiger partial charge in [0.2, 0.25) is 0 Å². The topological polar surface area (TPSA) is 110 Å². The SMILES string of the molecule is NC(=S)CNC(=O)C(=O)Nc1cnc(Br)cn1. The van der Waals surface area contributed by atoms with E-state index in [1.165, 1.54) is 12.4 Å². The van der Waals surface area contributed by atoms with Crippen LogP contribution in [0.5, 0.6) is 0 Å². The Morgan fingerprint density at radius 2 is 2.06 bits per heavy atom. The highest BCUT2D eigenvalue weighted by Gasteiger charge is 2.13. The summed E-state index contributed by atoms with van der Waals surface area (Å²) in [4.78, 5) is 30.3. The predicted molar refractivity (Wildman–Crippen MR) is 68.2 cm³/mol. The van der Waals surface area contributed by atoms with E-state index in [0.717, 1.165) is 0 Å². The summed E-state index contributed by atoms with van der Waals surface area (Å²) in [5.74, 6) is -1.54. The molecule has 0 aromatic carbocycles. The maximum absolute atomic E-state index is 11.3. The van der Waals surface area contributed by atoms with Crippen LogP contribution in [0.4, 0.5) is 5.82 Å². The van der Waals surface area contributed by atoms with E-state index in [0.29, 0.717) is 4.60 Å². The molecule has 0 unspecified atom stereocenters. The second kappa shape index (κ2) is 6.21. The average molecular weight is 318 g/mol. The van der Waals surface area contributed by atoms with E-state index in [1.807, 2.05) is 0 Å². The molecule has 7 nitrogen and oxygen atoms in total. The molecule has 17 heavy (non-hydrogen) atoms. The van der Waals surface area contributed by atoms with Gasteiger partial charge < -0.3 is 16.4 Å². The van der Waals surface area contributed by atoms with Gasteiger partial charge in [-0.1, -0.05) is 12.2 Å². The smallest absolute Gasteiger partial charge is 0.314 e. The lowest BCUT2D eigenvalue weighted by Gasteiger charge is -2.04. The zero-order chi connectivity index (χ0) is 12.8. The van der Waals surface area contributed by atoms with Crippen molar-refractivity contribution in [1.29, 1.82) is 0 Å². The molecule has 1 aromatic rings. The van der Waals surface area contributed by atoms with E-state index >= 15 is 0 Å². The number of halogens is 1. The van der Waals surface area contributed by atoms with E-state index < -0.39 is 11.8 Å². The van der Waals surface area contributed by atoms with Crippen LogP contribution in [0.1, 0.15) is 0 Å². The van der Waals surface area contributed by atoms with Gasteiger partial charge in [-0.25, -0.2) is 9.97 Å². The maximum atomic E-state index is 11.3. The predicted octanol–water partition coefficient (Wildman–Crippen LogP) is -0.420. The van der Waals surface area contributed by atoms with E-state index in [2.05, 4.69) is 48.7 Å². The Bertz CT molecular complexity index is 450. The van der Waals surface area contributed by atoms with Crippen LogP contribution in [0.25, 0.3) is 0 Å². The summed E-state index contributed by atoms with van der Waals surface area (Å²) in [7, 11) is 0. The third-order valence-electron chi connectivity index (χ3n) is 1.49. The number of nitrogens with one attached hydrogen (secondary N) is 2. The van der Waals surface area contributed by atoms with Crippen molar-refractivity contribution in [3.63, 3.8) is 0 Å². The number of rotatable bonds is 3. The molecule has 9 heteroatoms. The first kappa shape index (κ1) is 13.5. The van der Waals surface area contributed by atoms with Crippen LogP contribution >= 0.6 is 28.1 Å². The zero-order valence-electron chi connectivity index (χ0n) is 8.44. The normalized spacial score (nSPS) is 9.47. The minimum absolute atomic E-state index is 0.0341. The van der Waals surface area contributed by atoms with Gasteiger partial charge in [-0.2, -0.15) is 0 Å². The van der Waals surface area contributed by atoms with Gasteiger partial charge in [0.1, 0.15) is 4.60 Å². The van der Waals surface area contributed by atoms with Crippen molar-refractivity contribution >= 4 is 50.8 Å². The molecule has 2 amide bonds. The van der Waals surface area contributed by atoms with Crippen molar-refractivity contribution in [1.82, 2.24) is 15.3 Å². The molecule has 0 bridgehead atoms. The molecule has 0 spiro atoms. The molecule has 1 aromatic heterocycles. The first-order valence-electron chi connectivity index (χ1n) is 4.34. The monoisotopic (exact) mass is 317 g/mol. The lowest BCUT2D eigenvalue weighted by Crippen LogP contribution is -2.39. The van der Waals surface area contributed by atoms with Crippen molar-refractivity contribution in [2.75, 3.05) is 11.9 Å². The van der Waals surface area contributed by atoms with Gasteiger partial charge in [-0.15, -0.1) is 0 Å². The largest absolute Gasteiger partial charge is 0.392 e. The first-order valence-corrected chi connectivity index (χ1v) is 5.54. The first-order chi connectivity index (χ1) is 7.99. The molecule has 4 N–H and O–H groups in total. The molecule has 0 aliphatic rings. The van der Waals surface area contributed by atoms with Gasteiger partial charge in [0.05, 0.1) is 23.9 Å². The van der Waals surface area contributed by atoms with Gasteiger partial charge in [0.15, 0.2) is 5.82 Å². The highest BCUT2D eigenvalue weighted by Crippen LogP contribution is 2.05. The number of carbonyl (C=O) groups excluding carboxylic acids is 2. The zero-order valence-corrected chi connectivity index (χ0v) is 10.8. The molecule has 1 rings (SSSR count). The van der Waals surface area contributed by atoms with Crippen LogP contribution in [0.3, 0.4) is 0 Å². The molecule has 0 saturated heterocycles. The number of nitrogens with two attached hydrogens (primary N) is 1. The number of carbonyl (C=O) groups is 2. The minimum Gasteiger partial charge on any atom is -0.392 e. The van der Waals surface area contributed by atoms with Crippen LogP contribution in [-0.2, 0) is 9.59 Å². The molecular formula is C8H8BrN5O2S. The van der Waals surface area contributed by atoms with Crippen LogP contribution in [0.2, 0.25) is 0 Å². The van der Waals surface area contributed by atoms with Gasteiger partial charge in [0.25, 0.3) is 0 Å². The summed E-state index contributed by atoms with van der Waals surface area (Å²) in [6.07, 6.45) is 2.70. The average Bonchev–Trinajstić information content (AvgIpc) is 2.28. The lowest BCUT2D eigenvalue weighted by molar-refractivity contribution is -0.136. The van der Waals surface area contributed by atoms with E-state index in [9.17, 15) is 9.59 Å². The van der Waals surface area contributed by atoms with Crippen LogP contribution in [0.15, 0.2) is 17.0 Å². The van der Waals surface area contributed by atoms with Gasteiger partial charge in [0, 0.05) is 0 Å². The van der Waals surface area contributed by atoms with Crippen molar-refractivity contribution in [2.24, 2.45) is 5.73 Å². The second-order valence-electron chi connectivity index (χ2n) is 2.83. The molecule has 0 saturated carbocycles. The molecule has 0 aliphatic heterocycles. The third kappa shape index (κ3) is 4.83. The summed E-state index contributed by atoms with van der Waals surface area (Å²) in [6, 6.07) is 0. The number of hydrogen-bond acceptors (Lipinski definition) is 5. The van der Waals surface area contributed by atoms with E-state index in [-0.39, 0.29) is 17.4 Å². The lowest BCUT2D eigenvalue weighted by atomic mass is 10.5. The molecule has 0 atom stereocenters. The Morgan fingerprint density at radius 3 is 2.59 bits per heavy atom. The Balaban J connectivity index is 2.51. The van der Waals surface area contributed by atoms with E-state index in [1.54, 1.807) is 0 Å². The van der Waals surface area contributed by atoms with Crippen molar-refractivity contribution in [3.05, 3.63) is 17.0 Å². The molecule has 90 valence electrons. The Morgan fingerprint density at radius 1 is 1.35 bits per heavy atom. The maximum Gasteiger partial charge on any atom is 0.314 e. The second-order valence-corrected chi connectivity index (χ2v) is 4.16. The van der Waals surface area contributed by atoms with Gasteiger partial charge in [-0.05, 0) is 15.9 Å². The van der Waals surface area contributed by atoms with Crippen molar-refractivity contribution in [2.45, 2.75) is 0 Å². The number of aromatic nitrogens is 2. The summed E-state index contributed by atoms with van der Waals surface area (Å²) >= 11 is 7.64. The van der Waals surface area contributed by atoms with Crippen LogP contribution < -0.4 is 16.4 Å². The fourth-order valence-electron chi connectivity index (χ4n) is 0.798. The third-order valence-corrected chi connectivity index (χ3v) is 2.05. The molecule has 0 fully saturated rings. The molecular weight excluding hydrogens is 310 g/mol. The van der Waals surface area contributed by atoms with Gasteiger partial charge >= 0.3 is 11.8 Å². The molecule has 0 aliphatic carbocycles. The summed E-state index contributed by atoms with van der Waals surface area (Å²) < 4.78 is 0.522. The van der Waals surface area contributed by atoms with Crippen molar-refractivity contribution < 1.29 is 9.59 Å². The van der Waals surface area contributed by atoms with Gasteiger partial charge in [-0.3, -0.25) is 9.59 Å². The van der Waals surface area contributed by atoms with Crippen LogP contribution in [0, 0.1) is 0 Å². The Kier molecular flexibility index (Phi) is 4.91. The van der Waals surface area contributed by atoms with Crippen molar-refractivity contribution in [3.8, 4) is 0 Å². The number of thiocarbonyl (C=S) groups is 1. The molecule has 0 radical (unpaired) electrons. The number of amides is 2. The number of hydrogen-bond donors (Lipinski definition) is 3. The van der Waals surface area contributed by atoms with Crippen LogP contribution in [-0.4, -0.2) is 33.3 Å². The number of nitrogens with zero attached hydrogens (tertiary/aromatic N) is 2. The Hall–Kier alpha value is -1.61. The standard InChI is InChI=1S/C8H8BrN5O2S/c9-4-1-12-6(3-11-4)14-8(16)7(15)13-2-5(10)17/h1,3H,2H2,(H2,10,17)(H,13,15)(H,12,14,16). The summed E-state index contributed by atoms with van der Waals surface area (Å²) in [5.41, 5.74) is 5.17. The minimum atomic E-state index is -0.863. The number of anilines is 1. The highest BCUT2D eigenvalue weighted by atomic mass is 79.9. The fourth-order valence-corrected chi connectivity index (χ4v) is 1.07. The summed E-state index contributed by atoms with van der Waals surface area (Å²) in [6.45, 7) is -0.0341. The fraction of sp³-hybridized carbons (Fsp3) is 0.125. The highest BCUT2D eigenvalue weighted by molar-refractivity contribution is 9.10. The quantitative estimate of drug-likeness (QED) is 0.516. The Labute approximate surface area is 110 Å².